The zero-order chi connectivity index (χ0) is 10.6. The fourth-order valence-corrected chi connectivity index (χ4v) is 2.62. The highest BCUT2D eigenvalue weighted by Crippen LogP contribution is 2.32. The Labute approximate surface area is 91.1 Å². The summed E-state index contributed by atoms with van der Waals surface area (Å²) in [7, 11) is 0. The van der Waals surface area contributed by atoms with E-state index < -0.39 is 0 Å². The summed E-state index contributed by atoms with van der Waals surface area (Å²) in [6.07, 6.45) is 1.28. The summed E-state index contributed by atoms with van der Waals surface area (Å²) in [4.78, 5) is 2.54. The second kappa shape index (κ2) is 2.85. The van der Waals surface area contributed by atoms with Crippen molar-refractivity contribution >= 4 is 0 Å². The maximum atomic E-state index is 4.79. The molecule has 2 aliphatic heterocycles. The molecule has 2 bridgehead atoms. The van der Waals surface area contributed by atoms with Gasteiger partial charge in [-0.2, -0.15) is 5.10 Å². The van der Waals surface area contributed by atoms with Crippen LogP contribution >= 0.6 is 0 Å². The number of rotatable bonds is 0. The topological polar surface area (TPSA) is 21.1 Å². The maximum absolute atomic E-state index is 4.79. The largest absolute Gasteiger partial charge is 0.295 e. The Bertz CT molecular complexity index is 386. The molecular weight excluding hydrogens is 186 g/mol. The lowest BCUT2D eigenvalue weighted by atomic mass is 9.92. The van der Waals surface area contributed by atoms with Crippen LogP contribution in [0.2, 0.25) is 0 Å². The van der Waals surface area contributed by atoms with E-state index in [1.54, 1.807) is 0 Å². The van der Waals surface area contributed by atoms with Crippen LogP contribution in [0.1, 0.15) is 44.6 Å². The standard InChI is InChI=1S/C12H19N3/c1-12(2,3)11-6-10-8-14-5-4-9(7-14)15(10)13-11/h6,9H,4-5,7-8H2,1-3H3. The molecule has 3 heteroatoms. The molecule has 3 nitrogen and oxygen atoms in total. The molecule has 3 rings (SSSR count). The number of hydrogen-bond acceptors (Lipinski definition) is 2. The molecule has 0 N–H and O–H groups in total. The van der Waals surface area contributed by atoms with E-state index in [4.69, 9.17) is 5.10 Å². The normalized spacial score (nSPS) is 29.3. The molecule has 0 spiro atoms. The lowest BCUT2D eigenvalue weighted by Crippen LogP contribution is -2.29. The summed E-state index contributed by atoms with van der Waals surface area (Å²) in [6, 6.07) is 2.94. The first-order valence-corrected chi connectivity index (χ1v) is 5.85. The average Bonchev–Trinajstić information content (AvgIpc) is 2.70. The summed E-state index contributed by atoms with van der Waals surface area (Å²) < 4.78 is 2.28. The smallest absolute Gasteiger partial charge is 0.0681 e. The molecular formula is C12H19N3. The molecule has 2 aliphatic rings. The third-order valence-corrected chi connectivity index (χ3v) is 3.56. The highest BCUT2D eigenvalue weighted by atomic mass is 15.4. The Morgan fingerprint density at radius 1 is 1.40 bits per heavy atom. The van der Waals surface area contributed by atoms with Crippen molar-refractivity contribution in [2.75, 3.05) is 13.1 Å². The first-order chi connectivity index (χ1) is 7.04. The summed E-state index contributed by atoms with van der Waals surface area (Å²) in [5, 5.41) is 4.79. The van der Waals surface area contributed by atoms with Crippen LogP contribution < -0.4 is 0 Å². The number of nitrogens with zero attached hydrogens (tertiary/aromatic N) is 3. The summed E-state index contributed by atoms with van der Waals surface area (Å²) >= 11 is 0. The van der Waals surface area contributed by atoms with E-state index in [0.29, 0.717) is 6.04 Å². The van der Waals surface area contributed by atoms with Gasteiger partial charge in [-0.3, -0.25) is 9.58 Å². The molecule has 3 heterocycles. The second-order valence-corrected chi connectivity index (χ2v) is 5.89. The van der Waals surface area contributed by atoms with E-state index in [1.165, 1.54) is 30.9 Å². The van der Waals surface area contributed by atoms with Gasteiger partial charge < -0.3 is 0 Å². The van der Waals surface area contributed by atoms with Crippen molar-refractivity contribution in [3.8, 4) is 0 Å². The van der Waals surface area contributed by atoms with Gasteiger partial charge >= 0.3 is 0 Å². The second-order valence-electron chi connectivity index (χ2n) is 5.89. The van der Waals surface area contributed by atoms with Gasteiger partial charge in [0.25, 0.3) is 0 Å². The van der Waals surface area contributed by atoms with Crippen molar-refractivity contribution in [1.82, 2.24) is 14.7 Å². The first-order valence-electron chi connectivity index (χ1n) is 5.85. The SMILES string of the molecule is CC(C)(C)c1cc2n(n1)C1CCN(C2)C1. The average molecular weight is 205 g/mol. The van der Waals surface area contributed by atoms with Crippen LogP contribution in [0.3, 0.4) is 0 Å². The van der Waals surface area contributed by atoms with Gasteiger partial charge in [-0.1, -0.05) is 20.8 Å². The van der Waals surface area contributed by atoms with Crippen LogP contribution in [0.5, 0.6) is 0 Å². The van der Waals surface area contributed by atoms with Gasteiger partial charge in [0.15, 0.2) is 0 Å². The number of fused-ring (bicyclic) bond motifs is 4. The van der Waals surface area contributed by atoms with Gasteiger partial charge in [0.2, 0.25) is 0 Å². The van der Waals surface area contributed by atoms with Crippen molar-refractivity contribution in [1.29, 1.82) is 0 Å². The van der Waals surface area contributed by atoms with Crippen molar-refractivity contribution in [2.24, 2.45) is 0 Å². The minimum absolute atomic E-state index is 0.179. The minimum atomic E-state index is 0.179. The lowest BCUT2D eigenvalue weighted by Gasteiger charge is -2.23. The van der Waals surface area contributed by atoms with Gasteiger partial charge in [0, 0.05) is 25.0 Å². The molecule has 0 saturated carbocycles. The van der Waals surface area contributed by atoms with Crippen molar-refractivity contribution in [3.05, 3.63) is 17.5 Å². The Balaban J connectivity index is 2.03. The quantitative estimate of drug-likeness (QED) is 0.645. The fraction of sp³-hybridized carbons (Fsp3) is 0.750. The zero-order valence-electron chi connectivity index (χ0n) is 9.82. The summed E-state index contributed by atoms with van der Waals surface area (Å²) in [5.74, 6) is 0. The van der Waals surface area contributed by atoms with E-state index in [1.807, 2.05) is 0 Å². The van der Waals surface area contributed by atoms with E-state index in [2.05, 4.69) is 36.4 Å². The summed E-state index contributed by atoms with van der Waals surface area (Å²) in [6.45, 7) is 10.3. The molecule has 15 heavy (non-hydrogen) atoms. The molecule has 1 saturated heterocycles. The molecule has 2 unspecified atom stereocenters. The molecule has 0 amide bonds. The molecule has 0 radical (unpaired) electrons. The molecule has 1 aromatic heterocycles. The van der Waals surface area contributed by atoms with E-state index in [0.717, 1.165) is 6.54 Å². The summed E-state index contributed by atoms with van der Waals surface area (Å²) in [5.41, 5.74) is 2.83. The van der Waals surface area contributed by atoms with Crippen LogP contribution in [0.15, 0.2) is 6.07 Å². The number of aromatic nitrogens is 2. The molecule has 1 aromatic rings. The fourth-order valence-electron chi connectivity index (χ4n) is 2.62. The molecule has 1 fully saturated rings. The lowest BCUT2D eigenvalue weighted by molar-refractivity contribution is 0.265. The zero-order valence-corrected chi connectivity index (χ0v) is 9.82. The van der Waals surface area contributed by atoms with E-state index in [-0.39, 0.29) is 5.41 Å². The molecule has 0 aliphatic carbocycles. The Morgan fingerprint density at radius 2 is 2.20 bits per heavy atom. The van der Waals surface area contributed by atoms with E-state index >= 15 is 0 Å². The Morgan fingerprint density at radius 3 is 2.93 bits per heavy atom. The minimum Gasteiger partial charge on any atom is -0.295 e. The predicted molar refractivity (Wildman–Crippen MR) is 59.9 cm³/mol. The highest BCUT2D eigenvalue weighted by Gasteiger charge is 2.33. The van der Waals surface area contributed by atoms with Crippen LogP contribution in [0, 0.1) is 0 Å². The van der Waals surface area contributed by atoms with Crippen LogP contribution in [-0.2, 0) is 12.0 Å². The van der Waals surface area contributed by atoms with Crippen LogP contribution in [0.25, 0.3) is 0 Å². The van der Waals surface area contributed by atoms with Gasteiger partial charge in [0.1, 0.15) is 0 Å². The monoisotopic (exact) mass is 205 g/mol. The van der Waals surface area contributed by atoms with Crippen molar-refractivity contribution < 1.29 is 0 Å². The molecule has 0 aromatic carbocycles. The van der Waals surface area contributed by atoms with Crippen molar-refractivity contribution in [2.45, 2.75) is 45.2 Å². The van der Waals surface area contributed by atoms with Gasteiger partial charge in [0.05, 0.1) is 17.4 Å². The highest BCUT2D eigenvalue weighted by molar-refractivity contribution is 5.20. The third-order valence-electron chi connectivity index (χ3n) is 3.56. The van der Waals surface area contributed by atoms with Gasteiger partial charge in [-0.15, -0.1) is 0 Å². The van der Waals surface area contributed by atoms with Gasteiger partial charge in [-0.05, 0) is 12.5 Å². The Kier molecular flexibility index (Phi) is 1.78. The Hall–Kier alpha value is -0.830. The molecule has 82 valence electrons. The molecule has 2 atom stereocenters. The van der Waals surface area contributed by atoms with Crippen LogP contribution in [0.4, 0.5) is 0 Å². The third kappa shape index (κ3) is 1.41. The van der Waals surface area contributed by atoms with Crippen LogP contribution in [-0.4, -0.2) is 27.8 Å². The van der Waals surface area contributed by atoms with Gasteiger partial charge in [-0.25, -0.2) is 0 Å². The van der Waals surface area contributed by atoms with Crippen molar-refractivity contribution in [3.63, 3.8) is 0 Å². The van der Waals surface area contributed by atoms with E-state index in [9.17, 15) is 0 Å². The number of hydrogen-bond donors (Lipinski definition) is 0. The maximum Gasteiger partial charge on any atom is 0.0681 e. The first kappa shape index (κ1) is 9.40. The predicted octanol–water partition coefficient (Wildman–Crippen LogP) is 1.94.